The molecule has 0 aromatic carbocycles. The predicted molar refractivity (Wildman–Crippen MR) is 52.4 cm³/mol. The van der Waals surface area contributed by atoms with Crippen LogP contribution in [0.3, 0.4) is 0 Å². The first-order chi connectivity index (χ1) is 5.84. The molecule has 0 aromatic rings. The van der Waals surface area contributed by atoms with Crippen LogP contribution in [0.4, 0.5) is 0 Å². The van der Waals surface area contributed by atoms with E-state index in [0.29, 0.717) is 11.7 Å². The average molecular weight is 315 g/mol. The molecule has 1 atom stereocenters. The Morgan fingerprint density at radius 2 is 2.23 bits per heavy atom. The monoisotopic (exact) mass is 313 g/mol. The van der Waals surface area contributed by atoms with Gasteiger partial charge in [0.2, 0.25) is 0 Å². The fraction of sp³-hybridized carbons (Fsp3) is 0.889. The van der Waals surface area contributed by atoms with E-state index >= 15 is 0 Å². The van der Waals surface area contributed by atoms with Gasteiger partial charge in [0.1, 0.15) is 5.78 Å². The molecule has 0 bridgehead atoms. The summed E-state index contributed by atoms with van der Waals surface area (Å²) in [7, 11) is 0. The second-order valence-electron chi connectivity index (χ2n) is 3.41. The van der Waals surface area contributed by atoms with E-state index in [0.717, 1.165) is 37.7 Å². The fourth-order valence-electron chi connectivity index (χ4n) is 1.70. The highest BCUT2D eigenvalue weighted by atomic mass is 79.9. The van der Waals surface area contributed by atoms with Crippen LogP contribution in [0.25, 0.3) is 0 Å². The standard InChI is InChI=1S/C9H16BrNO.BrH/c10-5-6-11-7-8-3-1-2-4-9(8)12;/h8,11H,1-7H2;1H. The molecule has 1 unspecified atom stereocenters. The number of hydrogen-bond donors (Lipinski definition) is 1. The first-order valence-electron chi connectivity index (χ1n) is 4.75. The molecule has 1 saturated carbocycles. The minimum atomic E-state index is 0. The molecule has 0 amide bonds. The van der Waals surface area contributed by atoms with Crippen molar-refractivity contribution >= 4 is 21.7 Å². The number of carbonyl (C=O) groups is 1. The second-order valence-corrected chi connectivity index (χ2v) is 4.20. The third kappa shape index (κ3) is 5.13. The van der Waals surface area contributed by atoms with Crippen molar-refractivity contribution in [2.45, 2.75) is 25.7 Å². The maximum atomic E-state index is 11.4. The predicted octanol–water partition coefficient (Wildman–Crippen LogP) is -2.29. The summed E-state index contributed by atoms with van der Waals surface area (Å²) in [6, 6.07) is 0. The molecule has 0 spiro atoms. The van der Waals surface area contributed by atoms with Crippen LogP contribution in [0, 0.1) is 5.92 Å². The molecule has 0 aliphatic heterocycles. The Labute approximate surface area is 98.7 Å². The molecule has 1 rings (SSSR count). The van der Waals surface area contributed by atoms with E-state index in [1.165, 1.54) is 6.42 Å². The summed E-state index contributed by atoms with van der Waals surface area (Å²) in [5.74, 6) is 0.852. The summed E-state index contributed by atoms with van der Waals surface area (Å²) in [5.41, 5.74) is 0. The van der Waals surface area contributed by atoms with Gasteiger partial charge < -0.3 is 22.3 Å². The number of quaternary nitrogens is 1. The van der Waals surface area contributed by atoms with Gasteiger partial charge >= 0.3 is 0 Å². The van der Waals surface area contributed by atoms with Crippen molar-refractivity contribution in [1.29, 1.82) is 0 Å². The first-order valence-corrected chi connectivity index (χ1v) is 5.87. The highest BCUT2D eigenvalue weighted by Gasteiger charge is 2.22. The molecular weight excluding hydrogens is 298 g/mol. The summed E-state index contributed by atoms with van der Waals surface area (Å²) >= 11 is 3.37. The Balaban J connectivity index is 0.00000144. The molecule has 13 heavy (non-hydrogen) atoms. The van der Waals surface area contributed by atoms with E-state index in [9.17, 15) is 4.79 Å². The molecule has 1 aliphatic rings. The number of halogens is 2. The summed E-state index contributed by atoms with van der Waals surface area (Å²) in [6.45, 7) is 2.09. The van der Waals surface area contributed by atoms with Crippen LogP contribution in [0.15, 0.2) is 0 Å². The largest absolute Gasteiger partial charge is 1.00 e. The molecule has 1 fully saturated rings. The Kier molecular flexibility index (Phi) is 8.31. The van der Waals surface area contributed by atoms with Gasteiger partial charge in [0.15, 0.2) is 0 Å². The minimum Gasteiger partial charge on any atom is -1.00 e. The lowest BCUT2D eigenvalue weighted by Crippen LogP contribution is -3.00. The molecular formula is C9H17Br2NO. The molecule has 78 valence electrons. The molecule has 1 aliphatic carbocycles. The minimum absolute atomic E-state index is 0. The molecule has 0 aromatic heterocycles. The number of Topliss-reactive ketones (excluding diaryl/α,β-unsaturated/α-hetero) is 1. The fourth-order valence-corrected chi connectivity index (χ4v) is 2.02. The van der Waals surface area contributed by atoms with Gasteiger partial charge in [-0.15, -0.1) is 0 Å². The van der Waals surface area contributed by atoms with Crippen molar-refractivity contribution in [2.75, 3.05) is 18.4 Å². The van der Waals surface area contributed by atoms with E-state index < -0.39 is 0 Å². The Hall–Kier alpha value is 0.590. The normalized spacial score (nSPS) is 22.5. The number of hydrogen-bond acceptors (Lipinski definition) is 1. The lowest BCUT2D eigenvalue weighted by atomic mass is 9.88. The van der Waals surface area contributed by atoms with E-state index in [-0.39, 0.29) is 17.0 Å². The summed E-state index contributed by atoms with van der Waals surface area (Å²) in [5, 5.41) is 3.26. The highest BCUT2D eigenvalue weighted by Crippen LogP contribution is 2.18. The van der Waals surface area contributed by atoms with Gasteiger partial charge in [0.05, 0.1) is 24.3 Å². The molecule has 0 radical (unpaired) electrons. The molecule has 0 saturated heterocycles. The summed E-state index contributed by atoms with van der Waals surface area (Å²) < 4.78 is 0. The second kappa shape index (κ2) is 7.94. The number of ketones is 1. The first kappa shape index (κ1) is 13.6. The molecule has 2 nitrogen and oxygen atoms in total. The highest BCUT2D eigenvalue weighted by molar-refractivity contribution is 9.09. The third-order valence-corrected chi connectivity index (χ3v) is 2.90. The topological polar surface area (TPSA) is 33.7 Å². The quantitative estimate of drug-likeness (QED) is 0.460. The number of carbonyl (C=O) groups excluding carboxylic acids is 1. The van der Waals surface area contributed by atoms with Gasteiger partial charge in [0, 0.05) is 6.42 Å². The maximum Gasteiger partial charge on any atom is 0.141 e. The SMILES string of the molecule is O=C1CCCCC1C[NH2+]CCBr.[Br-]. The lowest BCUT2D eigenvalue weighted by Gasteiger charge is -2.18. The van der Waals surface area contributed by atoms with Crippen LogP contribution in [-0.2, 0) is 4.79 Å². The van der Waals surface area contributed by atoms with E-state index in [4.69, 9.17) is 0 Å². The Bertz CT molecular complexity index is 153. The van der Waals surface area contributed by atoms with Crippen molar-refractivity contribution in [3.8, 4) is 0 Å². The summed E-state index contributed by atoms with van der Waals surface area (Å²) in [6.07, 6.45) is 4.32. The zero-order chi connectivity index (χ0) is 8.81. The van der Waals surface area contributed by atoms with Crippen molar-refractivity contribution in [3.63, 3.8) is 0 Å². The van der Waals surface area contributed by atoms with Crippen LogP contribution < -0.4 is 22.3 Å². The average Bonchev–Trinajstić information content (AvgIpc) is 2.09. The smallest absolute Gasteiger partial charge is 0.141 e. The van der Waals surface area contributed by atoms with Crippen LogP contribution in [0.1, 0.15) is 25.7 Å². The van der Waals surface area contributed by atoms with Gasteiger partial charge in [-0.1, -0.05) is 22.4 Å². The zero-order valence-corrected chi connectivity index (χ0v) is 10.9. The van der Waals surface area contributed by atoms with Crippen LogP contribution in [0.5, 0.6) is 0 Å². The van der Waals surface area contributed by atoms with Crippen molar-refractivity contribution in [1.82, 2.24) is 0 Å². The van der Waals surface area contributed by atoms with Crippen molar-refractivity contribution < 1.29 is 27.1 Å². The molecule has 4 heteroatoms. The van der Waals surface area contributed by atoms with E-state index in [2.05, 4.69) is 21.2 Å². The summed E-state index contributed by atoms with van der Waals surface area (Å²) in [4.78, 5) is 11.4. The number of alkyl halides is 1. The van der Waals surface area contributed by atoms with Gasteiger partial charge in [-0.05, 0) is 12.8 Å². The van der Waals surface area contributed by atoms with Crippen molar-refractivity contribution in [3.05, 3.63) is 0 Å². The van der Waals surface area contributed by atoms with Crippen LogP contribution in [-0.4, -0.2) is 24.2 Å². The molecule has 2 N–H and O–H groups in total. The lowest BCUT2D eigenvalue weighted by molar-refractivity contribution is -0.654. The van der Waals surface area contributed by atoms with Gasteiger partial charge in [0.25, 0.3) is 0 Å². The van der Waals surface area contributed by atoms with Gasteiger partial charge in [-0.2, -0.15) is 0 Å². The van der Waals surface area contributed by atoms with E-state index in [1.54, 1.807) is 0 Å². The zero-order valence-electron chi connectivity index (χ0n) is 7.77. The Morgan fingerprint density at radius 1 is 1.46 bits per heavy atom. The van der Waals surface area contributed by atoms with Crippen LogP contribution >= 0.6 is 15.9 Å². The maximum absolute atomic E-state index is 11.4. The number of rotatable bonds is 4. The third-order valence-electron chi connectivity index (χ3n) is 2.45. The van der Waals surface area contributed by atoms with Gasteiger partial charge in [-0.25, -0.2) is 0 Å². The van der Waals surface area contributed by atoms with Crippen molar-refractivity contribution in [2.24, 2.45) is 5.92 Å². The van der Waals surface area contributed by atoms with Crippen LogP contribution in [0.2, 0.25) is 0 Å². The van der Waals surface area contributed by atoms with E-state index in [1.807, 2.05) is 0 Å². The molecule has 0 heterocycles. The van der Waals surface area contributed by atoms with Gasteiger partial charge in [-0.3, -0.25) is 4.79 Å². The Morgan fingerprint density at radius 3 is 2.85 bits per heavy atom. The number of nitrogens with two attached hydrogens (primary N) is 1.